The summed E-state index contributed by atoms with van der Waals surface area (Å²) < 4.78 is 22.1. The molecular weight excluding hydrogens is 350 g/mol. The summed E-state index contributed by atoms with van der Waals surface area (Å²) in [5, 5.41) is 21.8. The maximum Gasteiger partial charge on any atom is 0.231 e. The average Bonchev–Trinajstić information content (AvgIpc) is 3.31. The molecule has 3 atom stereocenters. The minimum absolute atomic E-state index is 0.0722. The lowest BCUT2D eigenvalue weighted by molar-refractivity contribution is 0.0582. The molecule has 0 aromatic heterocycles. The largest absolute Gasteiger partial charge is 0.504 e. The minimum Gasteiger partial charge on any atom is -0.504 e. The van der Waals surface area contributed by atoms with Crippen molar-refractivity contribution in [3.8, 4) is 28.7 Å². The number of nitrogens with zero attached hydrogens (tertiary/aromatic N) is 1. The van der Waals surface area contributed by atoms with Gasteiger partial charge in [-0.25, -0.2) is 0 Å². The van der Waals surface area contributed by atoms with Gasteiger partial charge in [-0.3, -0.25) is 4.90 Å². The molecule has 4 aliphatic rings. The third-order valence-electron chi connectivity index (χ3n) is 6.18. The van der Waals surface area contributed by atoms with Crippen molar-refractivity contribution in [2.75, 3.05) is 20.6 Å². The van der Waals surface area contributed by atoms with Crippen LogP contribution in [0.25, 0.3) is 0 Å². The summed E-state index contributed by atoms with van der Waals surface area (Å²) in [5.41, 5.74) is 3.88. The Morgan fingerprint density at radius 2 is 1.74 bits per heavy atom. The monoisotopic (exact) mass is 369 g/mol. The van der Waals surface area contributed by atoms with Gasteiger partial charge in [-0.2, -0.15) is 0 Å². The molecule has 0 saturated heterocycles. The van der Waals surface area contributed by atoms with E-state index in [9.17, 15) is 10.2 Å². The second-order valence-electron chi connectivity index (χ2n) is 7.55. The summed E-state index contributed by atoms with van der Waals surface area (Å²) >= 11 is 0. The molecule has 2 N–H and O–H groups in total. The van der Waals surface area contributed by atoms with E-state index in [0.29, 0.717) is 24.5 Å². The Morgan fingerprint density at radius 3 is 2.59 bits per heavy atom. The number of aliphatic hydroxyl groups is 1. The molecule has 0 fully saturated rings. The number of phenolic OH excluding ortho intramolecular Hbond substituents is 1. The van der Waals surface area contributed by atoms with Crippen LogP contribution in [0.2, 0.25) is 0 Å². The molecule has 6 rings (SSSR count). The first kappa shape index (κ1) is 15.4. The van der Waals surface area contributed by atoms with E-state index in [1.807, 2.05) is 25.2 Å². The van der Waals surface area contributed by atoms with Crippen molar-refractivity contribution in [2.24, 2.45) is 0 Å². The second-order valence-corrected chi connectivity index (χ2v) is 7.55. The van der Waals surface area contributed by atoms with Crippen LogP contribution in [0.3, 0.4) is 0 Å². The van der Waals surface area contributed by atoms with E-state index in [4.69, 9.17) is 18.9 Å². The topological polar surface area (TPSA) is 80.6 Å². The van der Waals surface area contributed by atoms with E-state index in [1.54, 1.807) is 0 Å². The third kappa shape index (κ3) is 1.93. The number of likely N-dealkylation sites (N-methyl/N-ethyl adjacent to an activating group) is 1. The molecule has 0 saturated carbocycles. The normalized spacial score (nSPS) is 27.1. The van der Waals surface area contributed by atoms with Crippen LogP contribution in [0.5, 0.6) is 28.7 Å². The number of hydrogen-bond donors (Lipinski definition) is 2. The van der Waals surface area contributed by atoms with Crippen LogP contribution >= 0.6 is 0 Å². The molecule has 2 aromatic rings. The minimum atomic E-state index is -0.629. The lowest BCUT2D eigenvalue weighted by Crippen LogP contribution is -2.43. The number of fused-ring (bicyclic) bond motifs is 8. The Balaban J connectivity index is 1.55. The van der Waals surface area contributed by atoms with Crippen molar-refractivity contribution in [3.05, 3.63) is 40.5 Å². The molecule has 0 amide bonds. The van der Waals surface area contributed by atoms with Gasteiger partial charge in [0.15, 0.2) is 23.0 Å². The molecule has 27 heavy (non-hydrogen) atoms. The lowest BCUT2D eigenvalue weighted by Gasteiger charge is -2.46. The molecule has 7 nitrogen and oxygen atoms in total. The van der Waals surface area contributed by atoms with Crippen LogP contribution in [-0.4, -0.2) is 41.9 Å². The van der Waals surface area contributed by atoms with Crippen molar-refractivity contribution < 1.29 is 29.2 Å². The Hall–Kier alpha value is -2.64. The van der Waals surface area contributed by atoms with E-state index >= 15 is 0 Å². The summed E-state index contributed by atoms with van der Waals surface area (Å²) in [4.78, 5) is 2.19. The summed E-state index contributed by atoms with van der Waals surface area (Å²) in [7, 11) is 2.03. The number of hydrogen-bond acceptors (Lipinski definition) is 7. The highest BCUT2D eigenvalue weighted by molar-refractivity contribution is 5.63. The predicted molar refractivity (Wildman–Crippen MR) is 93.5 cm³/mol. The van der Waals surface area contributed by atoms with Crippen molar-refractivity contribution >= 4 is 0 Å². The van der Waals surface area contributed by atoms with Gasteiger partial charge in [0.05, 0.1) is 6.10 Å². The first-order valence-corrected chi connectivity index (χ1v) is 9.07. The van der Waals surface area contributed by atoms with Crippen molar-refractivity contribution in [1.82, 2.24) is 4.90 Å². The quantitative estimate of drug-likeness (QED) is 0.735. The molecule has 0 radical (unpaired) electrons. The van der Waals surface area contributed by atoms with Crippen LogP contribution in [0.4, 0.5) is 0 Å². The number of rotatable bonds is 0. The molecule has 3 aliphatic heterocycles. The van der Waals surface area contributed by atoms with Crippen LogP contribution in [0, 0.1) is 0 Å². The lowest BCUT2D eigenvalue weighted by atomic mass is 9.70. The van der Waals surface area contributed by atoms with Gasteiger partial charge in [-0.05, 0) is 30.3 Å². The smallest absolute Gasteiger partial charge is 0.231 e. The predicted octanol–water partition coefficient (Wildman–Crippen LogP) is 2.04. The SMILES string of the molecule is CN1Cc2c(ccc3c2OCO3)[C@@H]2[C@H]1c1cc3c(c(O)c1C[C@@H]2O)OCO3. The van der Waals surface area contributed by atoms with E-state index in [0.717, 1.165) is 33.8 Å². The van der Waals surface area contributed by atoms with Crippen LogP contribution in [0.1, 0.15) is 34.2 Å². The van der Waals surface area contributed by atoms with Crippen molar-refractivity contribution in [3.63, 3.8) is 0 Å². The van der Waals surface area contributed by atoms with Crippen molar-refractivity contribution in [2.45, 2.75) is 31.0 Å². The summed E-state index contributed by atoms with van der Waals surface area (Å²) in [6.45, 7) is 1.00. The van der Waals surface area contributed by atoms with Crippen LogP contribution < -0.4 is 18.9 Å². The first-order chi connectivity index (χ1) is 13.1. The number of ether oxygens (including phenoxy) is 4. The van der Waals surface area contributed by atoms with Gasteiger partial charge in [0.2, 0.25) is 19.3 Å². The molecule has 2 aromatic carbocycles. The van der Waals surface area contributed by atoms with Gasteiger partial charge >= 0.3 is 0 Å². The highest BCUT2D eigenvalue weighted by Gasteiger charge is 2.46. The summed E-state index contributed by atoms with van der Waals surface area (Å²) in [5.74, 6) is 2.44. The second kappa shape index (κ2) is 5.21. The Kier molecular flexibility index (Phi) is 2.97. The molecule has 0 bridgehead atoms. The zero-order valence-electron chi connectivity index (χ0n) is 14.8. The summed E-state index contributed by atoms with van der Waals surface area (Å²) in [6, 6.07) is 5.84. The number of benzene rings is 2. The van der Waals surface area contributed by atoms with Crippen LogP contribution in [0.15, 0.2) is 18.2 Å². The molecular formula is C20H19NO6. The third-order valence-corrected chi connectivity index (χ3v) is 6.18. The van der Waals surface area contributed by atoms with Gasteiger partial charge in [0, 0.05) is 36.1 Å². The fraction of sp³-hybridized carbons (Fsp3) is 0.400. The van der Waals surface area contributed by atoms with Crippen LogP contribution in [-0.2, 0) is 13.0 Å². The molecule has 140 valence electrons. The standard InChI is InChI=1S/C20H19NO6/c1-21-6-12-9(2-3-14-19(12)26-7-24-14)16-13(22)4-11-10(17(16)21)5-15-20(18(11)23)27-8-25-15/h2-3,5,13,16-17,22-23H,4,6-8H2,1H3/t13-,16-,17+/m0/s1. The van der Waals surface area contributed by atoms with Crippen molar-refractivity contribution in [1.29, 1.82) is 0 Å². The molecule has 0 spiro atoms. The fourth-order valence-corrected chi connectivity index (χ4v) is 5.06. The zero-order chi connectivity index (χ0) is 18.3. The van der Waals surface area contributed by atoms with E-state index in [-0.39, 0.29) is 31.3 Å². The van der Waals surface area contributed by atoms with E-state index in [2.05, 4.69) is 4.90 Å². The highest BCUT2D eigenvalue weighted by Crippen LogP contribution is 2.56. The van der Waals surface area contributed by atoms with E-state index < -0.39 is 6.10 Å². The van der Waals surface area contributed by atoms with Gasteiger partial charge in [-0.15, -0.1) is 0 Å². The maximum atomic E-state index is 11.1. The maximum absolute atomic E-state index is 11.1. The number of phenols is 1. The summed E-state index contributed by atoms with van der Waals surface area (Å²) in [6.07, 6.45) is -0.267. The van der Waals surface area contributed by atoms with Gasteiger partial charge in [0.1, 0.15) is 0 Å². The zero-order valence-corrected chi connectivity index (χ0v) is 14.8. The highest BCUT2D eigenvalue weighted by atomic mass is 16.7. The first-order valence-electron chi connectivity index (χ1n) is 9.07. The van der Waals surface area contributed by atoms with Gasteiger partial charge < -0.3 is 29.2 Å². The number of aliphatic hydroxyl groups excluding tert-OH is 1. The molecule has 7 heteroatoms. The van der Waals surface area contributed by atoms with E-state index in [1.165, 1.54) is 0 Å². The Labute approximate surface area is 155 Å². The Morgan fingerprint density at radius 1 is 0.963 bits per heavy atom. The Bertz CT molecular complexity index is 974. The van der Waals surface area contributed by atoms with Gasteiger partial charge in [0.25, 0.3) is 0 Å². The van der Waals surface area contributed by atoms with Gasteiger partial charge in [-0.1, -0.05) is 6.07 Å². The molecule has 1 aliphatic carbocycles. The molecule has 0 unspecified atom stereocenters. The molecule has 3 heterocycles. The average molecular weight is 369 g/mol. The fourth-order valence-electron chi connectivity index (χ4n) is 5.06. The number of aromatic hydroxyl groups is 1.